The van der Waals surface area contributed by atoms with Crippen LogP contribution >= 0.6 is 21.6 Å². The Morgan fingerprint density at radius 3 is 1.68 bits per heavy atom. The monoisotopic (exact) mass is 1590 g/mol. The normalized spacial score (nSPS) is 21.8. The summed E-state index contributed by atoms with van der Waals surface area (Å²) in [6, 6.07) is 9.03. The zero-order valence-electron chi connectivity index (χ0n) is 55.4. The molecule has 8 amide bonds. The van der Waals surface area contributed by atoms with Gasteiger partial charge in [-0.2, -0.15) is 0 Å². The summed E-state index contributed by atoms with van der Waals surface area (Å²) in [7, 11) is 1.79. The van der Waals surface area contributed by atoms with E-state index in [1.165, 1.54) is 52.8 Å². The molecule has 554 valence electrons. The van der Waals surface area contributed by atoms with Crippen molar-refractivity contribution >= 4 is 97.7 Å². The van der Waals surface area contributed by atoms with Crippen LogP contribution in [0.25, 0.3) is 10.9 Å². The zero-order chi connectivity index (χ0) is 72.1. The number of aromatic amines is 1. The fourth-order valence-corrected chi connectivity index (χ4v) is 13.4. The number of hydrogen-bond donors (Lipinski definition) is 14. The molecule has 0 aliphatic carbocycles. The van der Waals surface area contributed by atoms with E-state index in [0.717, 1.165) is 21.6 Å². The van der Waals surface area contributed by atoms with Gasteiger partial charge in [-0.3, -0.25) is 58.0 Å². The average Bonchev–Trinajstić information content (AvgIpc) is 1.62. The summed E-state index contributed by atoms with van der Waals surface area (Å²) in [4.78, 5) is 163. The molecule has 0 unspecified atom stereocenters. The number of carboxylic acids is 3. The van der Waals surface area contributed by atoms with Crippen molar-refractivity contribution in [2.75, 3.05) is 103 Å². The van der Waals surface area contributed by atoms with Gasteiger partial charge in [0.25, 0.3) is 0 Å². The Balaban J connectivity index is 0.0000180. The van der Waals surface area contributed by atoms with E-state index in [9.17, 15) is 74.1 Å². The molecule has 0 saturated carbocycles. The number of aromatic nitrogens is 1. The minimum atomic E-state index is -1.78. The first kappa shape index (κ1) is 83.4. The quantitative estimate of drug-likeness (QED) is 0.0205. The van der Waals surface area contributed by atoms with Crippen molar-refractivity contribution in [3.05, 3.63) is 102 Å². The van der Waals surface area contributed by atoms with Gasteiger partial charge in [0.05, 0.1) is 49.3 Å². The predicted molar refractivity (Wildman–Crippen MR) is 358 cm³/mol. The van der Waals surface area contributed by atoms with Gasteiger partial charge in [0, 0.05) is 120 Å². The molecule has 0 radical (unpaired) electrons. The Morgan fingerprint density at radius 1 is 0.610 bits per heavy atom. The zero-order valence-corrected chi connectivity index (χ0v) is 58.6. The summed E-state index contributed by atoms with van der Waals surface area (Å²) < 4.78 is 0. The van der Waals surface area contributed by atoms with Gasteiger partial charge in [0.15, 0.2) is 0 Å². The van der Waals surface area contributed by atoms with Crippen LogP contribution in [0.15, 0.2) is 85.1 Å². The maximum Gasteiger partial charge on any atom is 3.00 e. The Morgan fingerprint density at radius 2 is 1.13 bits per heavy atom. The van der Waals surface area contributed by atoms with Crippen molar-refractivity contribution in [3.63, 3.8) is 0 Å². The van der Waals surface area contributed by atoms with Crippen LogP contribution in [-0.2, 0) is 72.0 Å². The van der Waals surface area contributed by atoms with Crippen LogP contribution in [0, 0.1) is 36.9 Å². The number of aliphatic hydroxyl groups is 3. The second kappa shape index (κ2) is 42.9. The number of amides is 8. The first-order valence-corrected chi connectivity index (χ1v) is 35.0. The molecule has 4 aromatic rings. The van der Waals surface area contributed by atoms with E-state index in [1.807, 2.05) is 0 Å². The van der Waals surface area contributed by atoms with Crippen LogP contribution in [0.3, 0.4) is 0 Å². The van der Waals surface area contributed by atoms with Crippen molar-refractivity contribution in [2.24, 2.45) is 5.73 Å². The standard InChI is InChI=1S/C65H92N14O18S2.Lu/c1-39(81)51(36-80)72-64(96)53-38-99-98-37-52(73-60(92)48(28-41-10-4-3-5-11-41)68-54(84)32-76-20-22-77(33-55(85)86)24-26-79(35-57(89)90)27-25-78(23-21-76)34-56(87)88)63(95)70-49(29-42-15-17-44(83)18-16-42)61(93)71-50(30-43-31-67-46-13-7-6-12-45(43)46)62(94)69-47(14-8-9-19-66)59(91)75-58(40(2)82)65(97)74-53;/h3-7,10-13,15-18,31,39-40,47-53,58,67,80-83H,8-9,14,19-30,32-38,66H2,1-2H3,(H,68,84)(H,69,94)(H,70,95)(H,71,93)(H,72,96)(H,73,92)(H,74,97)(H,75,91)(H,85,86)(H,87,88)(H,89,90);/q;+3/p-3/t39-,40-,47+,48-,49+,50-,51-,52+,53+,58+;/m1./s1/i;1+2. The van der Waals surface area contributed by atoms with Gasteiger partial charge >= 0.3 is 36.9 Å². The molecule has 3 aromatic carbocycles. The Hall–Kier alpha value is -7.22. The number of carboxylic acid groups (broad SMARTS) is 3. The van der Waals surface area contributed by atoms with Gasteiger partial charge in [0.1, 0.15) is 48.0 Å². The molecule has 6 rings (SSSR count). The number of benzene rings is 3. The minimum absolute atomic E-state index is 0. The summed E-state index contributed by atoms with van der Waals surface area (Å²) >= 11 is 0. The number of rotatable bonds is 26. The third-order valence-corrected chi connectivity index (χ3v) is 19.0. The number of hydrogen-bond acceptors (Lipinski definition) is 25. The van der Waals surface area contributed by atoms with Crippen LogP contribution in [0.2, 0.25) is 0 Å². The number of aliphatic hydroxyl groups excluding tert-OH is 3. The fraction of sp³-hybridized carbons (Fsp3) is 0.523. The molecule has 2 saturated heterocycles. The van der Waals surface area contributed by atoms with Gasteiger partial charge < -0.3 is 103 Å². The van der Waals surface area contributed by atoms with E-state index >= 15 is 14.4 Å². The van der Waals surface area contributed by atoms with E-state index < -0.39 is 158 Å². The Labute approximate surface area is 615 Å². The molecule has 35 heteroatoms. The number of nitrogens with one attached hydrogen (secondary N) is 9. The molecule has 2 aliphatic heterocycles. The molecular formula is C65H89LuN14O18S2. The molecule has 10 atom stereocenters. The molecule has 2 aliphatic rings. The van der Waals surface area contributed by atoms with Gasteiger partial charge in [-0.25, -0.2) is 0 Å². The maximum atomic E-state index is 15.3. The number of carbonyl (C=O) groups excluding carboxylic acids is 11. The van der Waals surface area contributed by atoms with Crippen molar-refractivity contribution in [1.29, 1.82) is 0 Å². The van der Waals surface area contributed by atoms with Crippen LogP contribution < -0.4 is 63.6 Å². The number of carbonyl (C=O) groups is 11. The van der Waals surface area contributed by atoms with Crippen LogP contribution in [0.1, 0.15) is 49.8 Å². The van der Waals surface area contributed by atoms with E-state index in [2.05, 4.69) is 47.5 Å². The predicted octanol–water partition coefficient (Wildman–Crippen LogP) is -7.47. The molecule has 2 fully saturated rings. The molecule has 100 heavy (non-hydrogen) atoms. The van der Waals surface area contributed by atoms with Crippen molar-refractivity contribution in [2.45, 2.75) is 113 Å². The Bertz CT molecular complexity index is 3330. The van der Waals surface area contributed by atoms with Crippen molar-refractivity contribution < 1.29 is 125 Å². The third kappa shape index (κ3) is 28.3. The van der Waals surface area contributed by atoms with Crippen LogP contribution in [-0.4, -0.2) is 274 Å². The Kier molecular flexibility index (Phi) is 35.8. The number of phenols is 1. The van der Waals surface area contributed by atoms with Crippen molar-refractivity contribution in [3.8, 4) is 5.75 Å². The number of fused-ring (bicyclic) bond motifs is 1. The molecule has 0 spiro atoms. The first-order valence-electron chi connectivity index (χ1n) is 32.5. The maximum absolute atomic E-state index is 15.3. The molecule has 15 N–H and O–H groups in total. The topological polar surface area (TPSA) is 489 Å². The van der Waals surface area contributed by atoms with Crippen molar-refractivity contribution in [1.82, 2.24) is 67.1 Å². The summed E-state index contributed by atoms with van der Waals surface area (Å²) in [5, 5.41) is 99.3. The second-order valence-electron chi connectivity index (χ2n) is 24.4. The number of phenolic OH excluding ortho intramolecular Hbond substituents is 1. The fourth-order valence-electron chi connectivity index (χ4n) is 11.0. The SMILES string of the molecule is C[C@@H](O)[C@@H]1NC(=O)[C@H](CCCCN)NC(=O)[C@@H](Cc2c[nH]c3ccccc23)NC(=O)[C@H](Cc2ccc(O)cc2)NC(=O)[C@@H](NC(=O)[C@@H](Cc2ccccc2)NC(=O)CN2CCN(CC(=O)[O-])CCN(CC(=O)[O-])CCN(CC(=O)[O-])CC2)CSSC[C@@H](C(=O)N[C@H](CO)[C@@H](C)O)NC1=O.[177Lu+3]. The van der Waals surface area contributed by atoms with Gasteiger partial charge in [0.2, 0.25) is 47.3 Å². The summed E-state index contributed by atoms with van der Waals surface area (Å²) in [6.45, 7) is 0.0360. The first-order chi connectivity index (χ1) is 47.3. The largest absolute Gasteiger partial charge is 3.00 e. The minimum Gasteiger partial charge on any atom is -0.549 e. The number of aliphatic carboxylic acids is 3. The summed E-state index contributed by atoms with van der Waals surface area (Å²) in [5.41, 5.74) is 8.01. The molecular weight excluding hydrogens is 1510 g/mol. The van der Waals surface area contributed by atoms with Gasteiger partial charge in [-0.05, 0) is 74.5 Å². The summed E-state index contributed by atoms with van der Waals surface area (Å²) in [5.74, 6) is -12.6. The van der Waals surface area contributed by atoms with Gasteiger partial charge in [-0.1, -0.05) is 82.3 Å². The molecule has 32 nitrogen and oxygen atoms in total. The number of H-pyrrole nitrogens is 1. The number of para-hydroxylation sites is 1. The number of aromatic hydroxyl groups is 1. The number of nitrogens with zero attached hydrogens (tertiary/aromatic N) is 4. The third-order valence-electron chi connectivity index (χ3n) is 16.6. The smallest absolute Gasteiger partial charge is 0.549 e. The molecule has 0 bridgehead atoms. The molecule has 3 heterocycles. The van der Waals surface area contributed by atoms with E-state index in [1.54, 1.807) is 65.7 Å². The van der Waals surface area contributed by atoms with E-state index in [4.69, 9.17) is 5.73 Å². The number of nitrogens with two attached hydrogens (primary N) is 1. The average molecular weight is 1600 g/mol. The van der Waals surface area contributed by atoms with Crippen LogP contribution in [0.5, 0.6) is 5.75 Å². The van der Waals surface area contributed by atoms with Gasteiger partial charge in [-0.15, -0.1) is 0 Å². The van der Waals surface area contributed by atoms with E-state index in [-0.39, 0.29) is 145 Å². The molecule has 1 aromatic heterocycles. The van der Waals surface area contributed by atoms with Crippen LogP contribution in [0.4, 0.5) is 0 Å². The second-order valence-corrected chi connectivity index (χ2v) is 26.9. The van der Waals surface area contributed by atoms with E-state index in [0.29, 0.717) is 34.0 Å². The number of unbranched alkanes of at least 4 members (excludes halogenated alkanes) is 1. The summed E-state index contributed by atoms with van der Waals surface area (Å²) in [6.07, 6.45) is -1.38.